The molecule has 0 bridgehead atoms. The molecule has 3 rings (SSSR count). The van der Waals surface area contributed by atoms with E-state index in [0.717, 1.165) is 5.56 Å². The standard InChI is InChI=1S/C20H19NO4S/c1-15(22)25-20-10-6-9-17-13-18(11-12-19(17)20)26(23,24)21(2)14-16-7-4-3-5-8-16/h3-13H,14H2,1-2H3. The molecule has 0 spiro atoms. The molecule has 0 aliphatic heterocycles. The van der Waals surface area contributed by atoms with Crippen molar-refractivity contribution in [2.45, 2.75) is 18.4 Å². The van der Waals surface area contributed by atoms with Crippen molar-refractivity contribution in [2.75, 3.05) is 7.05 Å². The molecule has 0 atom stereocenters. The Balaban J connectivity index is 1.95. The van der Waals surface area contributed by atoms with Crippen molar-refractivity contribution in [2.24, 2.45) is 0 Å². The Kier molecular flexibility index (Phi) is 5.06. The van der Waals surface area contributed by atoms with Crippen molar-refractivity contribution in [3.63, 3.8) is 0 Å². The predicted molar refractivity (Wildman–Crippen MR) is 100 cm³/mol. The SMILES string of the molecule is CC(=O)Oc1cccc2cc(S(=O)(=O)N(C)Cc3ccccc3)ccc12. The van der Waals surface area contributed by atoms with Crippen molar-refractivity contribution >= 4 is 26.8 Å². The molecule has 0 aromatic heterocycles. The van der Waals surface area contributed by atoms with E-state index in [9.17, 15) is 13.2 Å². The van der Waals surface area contributed by atoms with Gasteiger partial charge in [-0.3, -0.25) is 4.79 Å². The van der Waals surface area contributed by atoms with Gasteiger partial charge in [0.2, 0.25) is 10.0 Å². The van der Waals surface area contributed by atoms with Crippen LogP contribution in [0.1, 0.15) is 12.5 Å². The van der Waals surface area contributed by atoms with Crippen LogP contribution in [0.3, 0.4) is 0 Å². The summed E-state index contributed by atoms with van der Waals surface area (Å²) in [4.78, 5) is 11.4. The lowest BCUT2D eigenvalue weighted by atomic mass is 10.1. The first kappa shape index (κ1) is 18.1. The number of hydrogen-bond donors (Lipinski definition) is 0. The Bertz CT molecular complexity index is 1050. The van der Waals surface area contributed by atoms with Crippen molar-refractivity contribution in [3.8, 4) is 5.75 Å². The van der Waals surface area contributed by atoms with Gasteiger partial charge in [-0.2, -0.15) is 4.31 Å². The van der Waals surface area contributed by atoms with Gasteiger partial charge in [-0.25, -0.2) is 8.42 Å². The Hall–Kier alpha value is -2.70. The number of ether oxygens (including phenoxy) is 1. The fourth-order valence-corrected chi connectivity index (χ4v) is 3.94. The summed E-state index contributed by atoms with van der Waals surface area (Å²) >= 11 is 0. The number of nitrogens with zero attached hydrogens (tertiary/aromatic N) is 1. The first-order valence-corrected chi connectivity index (χ1v) is 9.53. The second-order valence-electron chi connectivity index (χ2n) is 5.98. The quantitative estimate of drug-likeness (QED) is 0.509. The van der Waals surface area contributed by atoms with Crippen LogP contribution in [0, 0.1) is 0 Å². The second kappa shape index (κ2) is 7.27. The third-order valence-corrected chi connectivity index (χ3v) is 5.82. The summed E-state index contributed by atoms with van der Waals surface area (Å²) in [6.45, 7) is 1.62. The molecular formula is C20H19NO4S. The molecule has 3 aromatic rings. The van der Waals surface area contributed by atoms with E-state index in [0.29, 0.717) is 16.5 Å². The van der Waals surface area contributed by atoms with Crippen LogP contribution in [-0.2, 0) is 21.4 Å². The number of benzene rings is 3. The number of carbonyl (C=O) groups excluding carboxylic acids is 1. The van der Waals surface area contributed by atoms with E-state index in [1.165, 1.54) is 17.3 Å². The van der Waals surface area contributed by atoms with Gasteiger partial charge in [0.15, 0.2) is 0 Å². The molecule has 0 saturated heterocycles. The van der Waals surface area contributed by atoms with E-state index in [-0.39, 0.29) is 11.4 Å². The first-order chi connectivity index (χ1) is 12.4. The minimum atomic E-state index is -3.64. The van der Waals surface area contributed by atoms with Gasteiger partial charge in [0, 0.05) is 25.9 Å². The highest BCUT2D eigenvalue weighted by molar-refractivity contribution is 7.89. The summed E-state index contributed by atoms with van der Waals surface area (Å²) in [6.07, 6.45) is 0. The topological polar surface area (TPSA) is 63.7 Å². The van der Waals surface area contributed by atoms with Gasteiger partial charge in [0.25, 0.3) is 0 Å². The minimum Gasteiger partial charge on any atom is -0.426 e. The first-order valence-electron chi connectivity index (χ1n) is 8.09. The molecule has 0 aliphatic rings. The smallest absolute Gasteiger partial charge is 0.308 e. The molecule has 3 aromatic carbocycles. The molecule has 0 unspecified atom stereocenters. The van der Waals surface area contributed by atoms with Crippen LogP contribution in [0.15, 0.2) is 71.6 Å². The van der Waals surface area contributed by atoms with Gasteiger partial charge in [0.05, 0.1) is 4.90 Å². The maximum absolute atomic E-state index is 12.9. The Morgan fingerprint density at radius 3 is 2.42 bits per heavy atom. The van der Waals surface area contributed by atoms with E-state index < -0.39 is 16.0 Å². The minimum absolute atomic E-state index is 0.198. The maximum atomic E-state index is 12.9. The fourth-order valence-electron chi connectivity index (χ4n) is 2.74. The normalized spacial score (nSPS) is 11.7. The Labute approximate surface area is 152 Å². The summed E-state index contributed by atoms with van der Waals surface area (Å²) in [6, 6.07) is 19.4. The number of esters is 1. The molecule has 134 valence electrons. The lowest BCUT2D eigenvalue weighted by Gasteiger charge is -2.18. The lowest BCUT2D eigenvalue weighted by Crippen LogP contribution is -2.26. The van der Waals surface area contributed by atoms with E-state index in [1.54, 1.807) is 37.4 Å². The average Bonchev–Trinajstić information content (AvgIpc) is 2.62. The molecule has 6 heteroatoms. The van der Waals surface area contributed by atoms with E-state index in [2.05, 4.69) is 0 Å². The van der Waals surface area contributed by atoms with Crippen molar-refractivity contribution < 1.29 is 17.9 Å². The number of sulfonamides is 1. The molecule has 26 heavy (non-hydrogen) atoms. The van der Waals surface area contributed by atoms with Gasteiger partial charge >= 0.3 is 5.97 Å². The maximum Gasteiger partial charge on any atom is 0.308 e. The average molecular weight is 369 g/mol. The highest BCUT2D eigenvalue weighted by Gasteiger charge is 2.21. The number of fused-ring (bicyclic) bond motifs is 1. The van der Waals surface area contributed by atoms with Crippen LogP contribution >= 0.6 is 0 Å². The highest BCUT2D eigenvalue weighted by Crippen LogP contribution is 2.29. The van der Waals surface area contributed by atoms with Crippen LogP contribution < -0.4 is 4.74 Å². The molecular weight excluding hydrogens is 350 g/mol. The number of carbonyl (C=O) groups is 1. The van der Waals surface area contributed by atoms with Crippen molar-refractivity contribution in [1.82, 2.24) is 4.31 Å². The Morgan fingerprint density at radius 2 is 1.73 bits per heavy atom. The Morgan fingerprint density at radius 1 is 1.00 bits per heavy atom. The van der Waals surface area contributed by atoms with E-state index >= 15 is 0 Å². The predicted octanol–water partition coefficient (Wildman–Crippen LogP) is 3.59. The molecule has 0 heterocycles. The van der Waals surface area contributed by atoms with Crippen LogP contribution in [0.4, 0.5) is 0 Å². The summed E-state index contributed by atoms with van der Waals surface area (Å²) in [5, 5.41) is 1.38. The molecule has 0 amide bonds. The fraction of sp³-hybridized carbons (Fsp3) is 0.150. The van der Waals surface area contributed by atoms with Crippen LogP contribution in [0.5, 0.6) is 5.75 Å². The number of hydrogen-bond acceptors (Lipinski definition) is 4. The van der Waals surface area contributed by atoms with Gasteiger partial charge in [-0.05, 0) is 35.2 Å². The van der Waals surface area contributed by atoms with E-state index in [4.69, 9.17) is 4.74 Å². The zero-order valence-corrected chi connectivity index (χ0v) is 15.4. The van der Waals surface area contributed by atoms with Gasteiger partial charge < -0.3 is 4.74 Å². The zero-order valence-electron chi connectivity index (χ0n) is 14.5. The van der Waals surface area contributed by atoms with Gasteiger partial charge in [-0.15, -0.1) is 0 Å². The van der Waals surface area contributed by atoms with Gasteiger partial charge in [0.1, 0.15) is 5.75 Å². The molecule has 0 N–H and O–H groups in total. The molecule has 5 nitrogen and oxygen atoms in total. The van der Waals surface area contributed by atoms with Gasteiger partial charge in [-0.1, -0.05) is 42.5 Å². The summed E-state index contributed by atoms with van der Waals surface area (Å²) < 4.78 is 32.3. The number of rotatable bonds is 5. The lowest BCUT2D eigenvalue weighted by molar-refractivity contribution is -0.131. The van der Waals surface area contributed by atoms with Crippen LogP contribution in [0.25, 0.3) is 10.8 Å². The summed E-state index contributed by atoms with van der Waals surface area (Å²) in [7, 11) is -2.08. The zero-order chi connectivity index (χ0) is 18.7. The summed E-state index contributed by atoms with van der Waals surface area (Å²) in [5.74, 6) is -0.00613. The van der Waals surface area contributed by atoms with Crippen LogP contribution in [-0.4, -0.2) is 25.7 Å². The van der Waals surface area contributed by atoms with E-state index in [1.807, 2.05) is 30.3 Å². The second-order valence-corrected chi connectivity index (χ2v) is 8.02. The van der Waals surface area contributed by atoms with Crippen LogP contribution in [0.2, 0.25) is 0 Å². The largest absolute Gasteiger partial charge is 0.426 e. The molecule has 0 saturated carbocycles. The third-order valence-electron chi connectivity index (χ3n) is 4.02. The molecule has 0 aliphatic carbocycles. The monoisotopic (exact) mass is 369 g/mol. The summed E-state index contributed by atoms with van der Waals surface area (Å²) in [5.41, 5.74) is 0.913. The van der Waals surface area contributed by atoms with Crippen molar-refractivity contribution in [1.29, 1.82) is 0 Å². The molecule has 0 radical (unpaired) electrons. The highest BCUT2D eigenvalue weighted by atomic mass is 32.2. The molecule has 0 fully saturated rings. The van der Waals surface area contributed by atoms with Crippen molar-refractivity contribution in [3.05, 3.63) is 72.3 Å². The third kappa shape index (κ3) is 3.76.